The highest BCUT2D eigenvalue weighted by Gasteiger charge is 2.24. The fourth-order valence-corrected chi connectivity index (χ4v) is 3.93. The van der Waals surface area contributed by atoms with Crippen LogP contribution in [0.2, 0.25) is 0 Å². The number of benzene rings is 2. The van der Waals surface area contributed by atoms with Crippen LogP contribution in [0.5, 0.6) is 0 Å². The number of fused-ring (bicyclic) bond motifs is 1. The molecule has 1 aliphatic heterocycles. The fourth-order valence-electron chi connectivity index (χ4n) is 3.93. The molecule has 0 saturated carbocycles. The maximum absolute atomic E-state index is 14.1. The average Bonchev–Trinajstić information content (AvgIpc) is 2.72. The summed E-state index contributed by atoms with van der Waals surface area (Å²) >= 11 is 0. The number of nitrogens with zero attached hydrogens (tertiary/aromatic N) is 3. The first kappa shape index (κ1) is 19.7. The number of para-hydroxylation sites is 1. The van der Waals surface area contributed by atoms with Crippen molar-refractivity contribution in [3.63, 3.8) is 0 Å². The van der Waals surface area contributed by atoms with E-state index in [-0.39, 0.29) is 11.6 Å². The summed E-state index contributed by atoms with van der Waals surface area (Å²) in [4.78, 5) is 24.1. The summed E-state index contributed by atoms with van der Waals surface area (Å²) in [5.74, 6) is -0.354. The van der Waals surface area contributed by atoms with Crippen molar-refractivity contribution in [2.24, 2.45) is 0 Å². The van der Waals surface area contributed by atoms with Gasteiger partial charge in [-0.1, -0.05) is 18.2 Å². The van der Waals surface area contributed by atoms with Gasteiger partial charge in [0.15, 0.2) is 0 Å². The molecule has 1 aromatic heterocycles. The minimum absolute atomic E-state index is 0.101. The summed E-state index contributed by atoms with van der Waals surface area (Å²) in [5, 5.41) is 0.604. The molecule has 7 heteroatoms. The fraction of sp³-hybridized carbons (Fsp3) is 0.364. The van der Waals surface area contributed by atoms with Gasteiger partial charge in [0.1, 0.15) is 17.5 Å². The second-order valence-corrected chi connectivity index (χ2v) is 7.50. The smallest absolute Gasteiger partial charge is 0.258 e. The quantitative estimate of drug-likeness (QED) is 0.718. The predicted octanol–water partition coefficient (Wildman–Crippen LogP) is 3.12. The minimum atomic E-state index is -0.552. The standard InChI is InChI=1S/C22H24F2N4O/c1-15(17-7-6-16(23)14-19(17)24)28-12-10-27(11-13-28)9-8-21-25-20-5-3-2-4-18(20)22(29)26-21/h2-7,14-15H,8-13H2,1H3,(H,25,26,29). The number of aromatic amines is 1. The van der Waals surface area contributed by atoms with Crippen LogP contribution < -0.4 is 5.56 Å². The third kappa shape index (κ3) is 4.36. The molecule has 29 heavy (non-hydrogen) atoms. The Labute approximate surface area is 168 Å². The number of hydrogen-bond acceptors (Lipinski definition) is 4. The number of halogens is 2. The third-order valence-corrected chi connectivity index (χ3v) is 5.69. The van der Waals surface area contributed by atoms with Crippen LogP contribution in [-0.4, -0.2) is 52.5 Å². The second kappa shape index (κ2) is 8.39. The highest BCUT2D eigenvalue weighted by Crippen LogP contribution is 2.24. The molecule has 2 aromatic carbocycles. The normalized spacial score (nSPS) is 16.9. The number of rotatable bonds is 5. The van der Waals surface area contributed by atoms with Gasteiger partial charge < -0.3 is 9.88 Å². The lowest BCUT2D eigenvalue weighted by Gasteiger charge is -2.38. The van der Waals surface area contributed by atoms with Gasteiger partial charge >= 0.3 is 0 Å². The Morgan fingerprint density at radius 2 is 1.86 bits per heavy atom. The molecule has 4 rings (SSSR count). The maximum Gasteiger partial charge on any atom is 0.258 e. The molecule has 1 fully saturated rings. The summed E-state index contributed by atoms with van der Waals surface area (Å²) in [6.45, 7) is 6.07. The van der Waals surface area contributed by atoms with E-state index >= 15 is 0 Å². The van der Waals surface area contributed by atoms with Crippen molar-refractivity contribution in [3.8, 4) is 0 Å². The molecule has 1 aliphatic rings. The Morgan fingerprint density at radius 3 is 2.62 bits per heavy atom. The largest absolute Gasteiger partial charge is 0.310 e. The van der Waals surface area contributed by atoms with Crippen LogP contribution in [0, 0.1) is 11.6 Å². The van der Waals surface area contributed by atoms with Gasteiger partial charge in [-0.05, 0) is 25.1 Å². The van der Waals surface area contributed by atoms with Crippen molar-refractivity contribution < 1.29 is 8.78 Å². The Bertz CT molecular complexity index is 1060. The maximum atomic E-state index is 14.1. The van der Waals surface area contributed by atoms with E-state index in [9.17, 15) is 13.6 Å². The lowest BCUT2D eigenvalue weighted by atomic mass is 10.1. The number of piperazine rings is 1. The first-order valence-corrected chi connectivity index (χ1v) is 9.90. The highest BCUT2D eigenvalue weighted by molar-refractivity contribution is 5.77. The number of aromatic nitrogens is 2. The number of H-pyrrole nitrogens is 1. The van der Waals surface area contributed by atoms with Crippen molar-refractivity contribution in [2.45, 2.75) is 19.4 Å². The Morgan fingerprint density at radius 1 is 1.10 bits per heavy atom. The van der Waals surface area contributed by atoms with Crippen LogP contribution in [-0.2, 0) is 6.42 Å². The van der Waals surface area contributed by atoms with Gasteiger partial charge in [0.25, 0.3) is 5.56 Å². The van der Waals surface area contributed by atoms with Gasteiger partial charge in [-0.25, -0.2) is 13.8 Å². The molecule has 5 nitrogen and oxygen atoms in total. The summed E-state index contributed by atoms with van der Waals surface area (Å²) in [5.41, 5.74) is 1.13. The Kier molecular flexibility index (Phi) is 5.69. The zero-order valence-corrected chi connectivity index (χ0v) is 16.4. The van der Waals surface area contributed by atoms with E-state index in [2.05, 4.69) is 19.8 Å². The third-order valence-electron chi connectivity index (χ3n) is 5.69. The molecule has 0 amide bonds. The van der Waals surface area contributed by atoms with E-state index in [1.807, 2.05) is 25.1 Å². The van der Waals surface area contributed by atoms with Crippen molar-refractivity contribution in [1.29, 1.82) is 0 Å². The average molecular weight is 398 g/mol. The van der Waals surface area contributed by atoms with E-state index in [4.69, 9.17) is 0 Å². The van der Waals surface area contributed by atoms with Crippen molar-refractivity contribution >= 4 is 10.9 Å². The van der Waals surface area contributed by atoms with Gasteiger partial charge in [0, 0.05) is 56.8 Å². The molecule has 3 aromatic rings. The van der Waals surface area contributed by atoms with Crippen molar-refractivity contribution in [2.75, 3.05) is 32.7 Å². The summed E-state index contributed by atoms with van der Waals surface area (Å²) < 4.78 is 27.2. The molecule has 2 heterocycles. The number of hydrogen-bond donors (Lipinski definition) is 1. The van der Waals surface area contributed by atoms with Crippen LogP contribution in [0.1, 0.15) is 24.4 Å². The highest BCUT2D eigenvalue weighted by atomic mass is 19.1. The van der Waals surface area contributed by atoms with Crippen LogP contribution in [0.25, 0.3) is 10.9 Å². The molecule has 0 bridgehead atoms. The lowest BCUT2D eigenvalue weighted by Crippen LogP contribution is -2.47. The molecule has 1 atom stereocenters. The number of nitrogens with one attached hydrogen (secondary N) is 1. The molecule has 1 N–H and O–H groups in total. The van der Waals surface area contributed by atoms with Crippen molar-refractivity contribution in [1.82, 2.24) is 19.8 Å². The Hall–Kier alpha value is -2.64. The van der Waals surface area contributed by atoms with Gasteiger partial charge in [-0.3, -0.25) is 9.69 Å². The van der Waals surface area contributed by atoms with E-state index in [0.717, 1.165) is 38.8 Å². The van der Waals surface area contributed by atoms with E-state index in [1.54, 1.807) is 6.07 Å². The molecule has 1 unspecified atom stereocenters. The topological polar surface area (TPSA) is 52.2 Å². The molecular weight excluding hydrogens is 374 g/mol. The molecule has 0 spiro atoms. The first-order valence-electron chi connectivity index (χ1n) is 9.90. The van der Waals surface area contributed by atoms with Gasteiger partial charge in [0.2, 0.25) is 0 Å². The van der Waals surface area contributed by atoms with E-state index < -0.39 is 11.6 Å². The van der Waals surface area contributed by atoms with Crippen molar-refractivity contribution in [3.05, 3.63) is 75.8 Å². The van der Waals surface area contributed by atoms with Crippen LogP contribution in [0.15, 0.2) is 47.3 Å². The van der Waals surface area contributed by atoms with E-state index in [0.29, 0.717) is 28.7 Å². The molecule has 0 aliphatic carbocycles. The predicted molar refractivity (Wildman–Crippen MR) is 109 cm³/mol. The summed E-state index contributed by atoms with van der Waals surface area (Å²) in [7, 11) is 0. The summed E-state index contributed by atoms with van der Waals surface area (Å²) in [6, 6.07) is 11.0. The molecule has 0 radical (unpaired) electrons. The van der Waals surface area contributed by atoms with Crippen LogP contribution in [0.3, 0.4) is 0 Å². The van der Waals surface area contributed by atoms with Gasteiger partial charge in [-0.2, -0.15) is 0 Å². The van der Waals surface area contributed by atoms with Crippen LogP contribution >= 0.6 is 0 Å². The van der Waals surface area contributed by atoms with Gasteiger partial charge in [-0.15, -0.1) is 0 Å². The Balaban J connectivity index is 1.34. The summed E-state index contributed by atoms with van der Waals surface area (Å²) in [6.07, 6.45) is 0.669. The molecule has 1 saturated heterocycles. The lowest BCUT2D eigenvalue weighted by molar-refractivity contribution is 0.101. The monoisotopic (exact) mass is 398 g/mol. The second-order valence-electron chi connectivity index (χ2n) is 7.50. The van der Waals surface area contributed by atoms with Crippen LogP contribution in [0.4, 0.5) is 8.78 Å². The first-order chi connectivity index (χ1) is 14.0. The molecule has 152 valence electrons. The molecular formula is C22H24F2N4O. The van der Waals surface area contributed by atoms with Gasteiger partial charge in [0.05, 0.1) is 10.9 Å². The zero-order valence-electron chi connectivity index (χ0n) is 16.4. The van der Waals surface area contributed by atoms with E-state index in [1.165, 1.54) is 12.1 Å². The zero-order chi connectivity index (χ0) is 20.4. The SMILES string of the molecule is CC(c1ccc(F)cc1F)N1CCN(CCc2nc3ccccc3c(=O)[nH]2)CC1. The minimum Gasteiger partial charge on any atom is -0.310 e.